The molecule has 110 valence electrons. The lowest BCUT2D eigenvalue weighted by Gasteiger charge is -2.20. The third-order valence-electron chi connectivity index (χ3n) is 3.27. The minimum Gasteiger partial charge on any atom is -0.313 e. The van der Waals surface area contributed by atoms with E-state index in [0.717, 1.165) is 0 Å². The van der Waals surface area contributed by atoms with Crippen LogP contribution in [0, 0.1) is 0 Å². The number of likely N-dealkylation sites (N-methyl/N-ethyl adjacent to an activating group) is 2. The highest BCUT2D eigenvalue weighted by atomic mass is 32.1. The molecule has 0 bridgehead atoms. The maximum atomic E-state index is 12.3. The van der Waals surface area contributed by atoms with E-state index in [1.54, 1.807) is 18.1 Å². The average molecular weight is 303 g/mol. The summed E-state index contributed by atoms with van der Waals surface area (Å²) in [6.07, 6.45) is 1.55. The second-order valence-corrected chi connectivity index (χ2v) is 5.00. The summed E-state index contributed by atoms with van der Waals surface area (Å²) in [5, 5.41) is 0.449. The Balaban J connectivity index is 2.45. The zero-order valence-corrected chi connectivity index (χ0v) is 13.1. The standard InChI is InChI=1S/C15H17N3O2S/c1-4-17-13(14(20)16(3)15(17)21)10-18(11(2)19)12-8-6-5-7-9-12/h5-10H,4H2,1-3H3/b13-10+. The van der Waals surface area contributed by atoms with Crippen LogP contribution in [0.3, 0.4) is 0 Å². The Morgan fingerprint density at radius 2 is 1.95 bits per heavy atom. The first-order chi connectivity index (χ1) is 9.97. The van der Waals surface area contributed by atoms with Gasteiger partial charge in [-0.3, -0.25) is 19.4 Å². The topological polar surface area (TPSA) is 43.9 Å². The molecule has 0 saturated carbocycles. The van der Waals surface area contributed by atoms with E-state index in [0.29, 0.717) is 23.0 Å². The monoisotopic (exact) mass is 303 g/mol. The molecule has 0 N–H and O–H groups in total. The second kappa shape index (κ2) is 6.05. The molecule has 1 aromatic rings. The van der Waals surface area contributed by atoms with E-state index in [4.69, 9.17) is 12.2 Å². The molecule has 0 atom stereocenters. The second-order valence-electron chi connectivity index (χ2n) is 4.63. The Morgan fingerprint density at radius 1 is 1.33 bits per heavy atom. The highest BCUT2D eigenvalue weighted by Gasteiger charge is 2.35. The van der Waals surface area contributed by atoms with Crippen molar-refractivity contribution in [2.45, 2.75) is 13.8 Å². The van der Waals surface area contributed by atoms with Crippen LogP contribution in [0.15, 0.2) is 42.2 Å². The number of hydrogen-bond acceptors (Lipinski definition) is 3. The fraction of sp³-hybridized carbons (Fsp3) is 0.267. The number of thiocarbonyl (C=S) groups is 1. The van der Waals surface area contributed by atoms with E-state index in [9.17, 15) is 9.59 Å². The summed E-state index contributed by atoms with van der Waals surface area (Å²) in [5.74, 6) is -0.373. The number of hydrogen-bond donors (Lipinski definition) is 0. The zero-order chi connectivity index (χ0) is 15.6. The van der Waals surface area contributed by atoms with Gasteiger partial charge < -0.3 is 4.90 Å². The summed E-state index contributed by atoms with van der Waals surface area (Å²) < 4.78 is 0. The number of rotatable bonds is 3. The lowest BCUT2D eigenvalue weighted by Crippen LogP contribution is -2.29. The van der Waals surface area contributed by atoms with Crippen LogP contribution in [0.5, 0.6) is 0 Å². The van der Waals surface area contributed by atoms with Crippen molar-refractivity contribution in [2.75, 3.05) is 18.5 Å². The molecule has 0 radical (unpaired) electrons. The Labute approximate surface area is 129 Å². The first-order valence-corrected chi connectivity index (χ1v) is 7.04. The molecule has 1 aliphatic heterocycles. The Morgan fingerprint density at radius 3 is 2.48 bits per heavy atom. The smallest absolute Gasteiger partial charge is 0.278 e. The number of carbonyl (C=O) groups is 2. The number of benzene rings is 1. The summed E-state index contributed by atoms with van der Waals surface area (Å²) in [4.78, 5) is 28.8. The van der Waals surface area contributed by atoms with Gasteiger partial charge in [-0.25, -0.2) is 0 Å². The Hall–Kier alpha value is -2.21. The van der Waals surface area contributed by atoms with E-state index >= 15 is 0 Å². The minimum atomic E-state index is -0.205. The molecule has 0 aromatic heterocycles. The van der Waals surface area contributed by atoms with Crippen LogP contribution in [-0.2, 0) is 9.59 Å². The van der Waals surface area contributed by atoms with Crippen LogP contribution < -0.4 is 4.90 Å². The summed E-state index contributed by atoms with van der Waals surface area (Å²) in [6, 6.07) is 9.19. The molecule has 1 fully saturated rings. The van der Waals surface area contributed by atoms with Gasteiger partial charge in [-0.1, -0.05) is 18.2 Å². The number of amides is 2. The van der Waals surface area contributed by atoms with Gasteiger partial charge in [-0.05, 0) is 31.3 Å². The number of nitrogens with zero attached hydrogens (tertiary/aromatic N) is 3. The molecule has 2 amide bonds. The van der Waals surface area contributed by atoms with Gasteiger partial charge in [-0.15, -0.1) is 0 Å². The van der Waals surface area contributed by atoms with Gasteiger partial charge in [0.1, 0.15) is 5.70 Å². The molecule has 0 aliphatic carbocycles. The predicted octanol–water partition coefficient (Wildman–Crippen LogP) is 1.96. The van der Waals surface area contributed by atoms with E-state index < -0.39 is 0 Å². The lowest BCUT2D eigenvalue weighted by molar-refractivity contribution is -0.121. The molecule has 1 aliphatic rings. The van der Waals surface area contributed by atoms with Gasteiger partial charge in [0.25, 0.3) is 5.91 Å². The Bertz CT molecular complexity index is 613. The van der Waals surface area contributed by atoms with Crippen LogP contribution in [0.1, 0.15) is 13.8 Å². The van der Waals surface area contributed by atoms with Crippen molar-refractivity contribution in [3.8, 4) is 0 Å². The maximum absolute atomic E-state index is 12.3. The lowest BCUT2D eigenvalue weighted by atomic mass is 10.3. The Kier molecular flexibility index (Phi) is 4.37. The minimum absolute atomic E-state index is 0.168. The molecule has 2 rings (SSSR count). The van der Waals surface area contributed by atoms with Crippen molar-refractivity contribution in [3.05, 3.63) is 42.2 Å². The van der Waals surface area contributed by atoms with Gasteiger partial charge in [-0.2, -0.15) is 0 Å². The molecule has 1 saturated heterocycles. The van der Waals surface area contributed by atoms with Crippen LogP contribution in [0.4, 0.5) is 5.69 Å². The van der Waals surface area contributed by atoms with Crippen molar-refractivity contribution in [1.82, 2.24) is 9.80 Å². The van der Waals surface area contributed by atoms with E-state index in [2.05, 4.69) is 0 Å². The number of carbonyl (C=O) groups excluding carboxylic acids is 2. The molecule has 1 aromatic carbocycles. The van der Waals surface area contributed by atoms with E-state index in [1.807, 2.05) is 37.3 Å². The summed E-state index contributed by atoms with van der Waals surface area (Å²) in [6.45, 7) is 3.94. The molecular weight excluding hydrogens is 286 g/mol. The molecule has 21 heavy (non-hydrogen) atoms. The summed E-state index contributed by atoms with van der Waals surface area (Å²) in [7, 11) is 1.63. The number of anilines is 1. The van der Waals surface area contributed by atoms with Crippen LogP contribution in [0.25, 0.3) is 0 Å². The molecule has 6 heteroatoms. The molecule has 1 heterocycles. The van der Waals surface area contributed by atoms with Crippen molar-refractivity contribution in [2.24, 2.45) is 0 Å². The maximum Gasteiger partial charge on any atom is 0.278 e. The van der Waals surface area contributed by atoms with Crippen molar-refractivity contribution < 1.29 is 9.59 Å². The quantitative estimate of drug-likeness (QED) is 0.632. The molecule has 0 unspecified atom stereocenters. The molecule has 5 nitrogen and oxygen atoms in total. The zero-order valence-electron chi connectivity index (χ0n) is 12.2. The molecule has 0 spiro atoms. The largest absolute Gasteiger partial charge is 0.313 e. The van der Waals surface area contributed by atoms with Gasteiger partial charge in [0.2, 0.25) is 5.91 Å². The normalized spacial score (nSPS) is 16.8. The predicted molar refractivity (Wildman–Crippen MR) is 85.4 cm³/mol. The fourth-order valence-electron chi connectivity index (χ4n) is 2.15. The van der Waals surface area contributed by atoms with Crippen molar-refractivity contribution in [1.29, 1.82) is 0 Å². The van der Waals surface area contributed by atoms with Crippen LogP contribution >= 0.6 is 12.2 Å². The SMILES string of the molecule is CCN1C(=S)N(C)C(=O)/C1=C\N(C(C)=O)c1ccccc1. The number of para-hydroxylation sites is 1. The summed E-state index contributed by atoms with van der Waals surface area (Å²) >= 11 is 5.24. The summed E-state index contributed by atoms with van der Waals surface area (Å²) in [5.41, 5.74) is 1.12. The van der Waals surface area contributed by atoms with Crippen molar-refractivity contribution in [3.63, 3.8) is 0 Å². The third kappa shape index (κ3) is 2.80. The van der Waals surface area contributed by atoms with Crippen molar-refractivity contribution >= 4 is 34.8 Å². The third-order valence-corrected chi connectivity index (χ3v) is 3.77. The van der Waals surface area contributed by atoms with E-state index in [1.165, 1.54) is 16.7 Å². The highest BCUT2D eigenvalue weighted by molar-refractivity contribution is 7.80. The average Bonchev–Trinajstić information content (AvgIpc) is 2.69. The van der Waals surface area contributed by atoms with Gasteiger partial charge in [0.15, 0.2) is 5.11 Å². The first-order valence-electron chi connectivity index (χ1n) is 6.63. The van der Waals surface area contributed by atoms with Gasteiger partial charge >= 0.3 is 0 Å². The van der Waals surface area contributed by atoms with Gasteiger partial charge in [0.05, 0.1) is 0 Å². The van der Waals surface area contributed by atoms with Crippen LogP contribution in [-0.4, -0.2) is 40.3 Å². The van der Waals surface area contributed by atoms with Crippen LogP contribution in [0.2, 0.25) is 0 Å². The first kappa shape index (κ1) is 15.2. The fourth-order valence-corrected chi connectivity index (χ4v) is 2.46. The highest BCUT2D eigenvalue weighted by Crippen LogP contribution is 2.22. The van der Waals surface area contributed by atoms with E-state index in [-0.39, 0.29) is 11.8 Å². The molecular formula is C15H17N3O2S. The van der Waals surface area contributed by atoms with Gasteiger partial charge in [0, 0.05) is 32.4 Å².